The summed E-state index contributed by atoms with van der Waals surface area (Å²) in [6, 6.07) is 0. The molecule has 0 spiro atoms. The third-order valence-electron chi connectivity index (χ3n) is 1.24. The van der Waals surface area contributed by atoms with Crippen LogP contribution in [0.4, 0.5) is 0 Å². The summed E-state index contributed by atoms with van der Waals surface area (Å²) in [6.07, 6.45) is 7.48. The van der Waals surface area contributed by atoms with E-state index >= 15 is 0 Å². The molecule has 0 heterocycles. The molecule has 82 valence electrons. The molecule has 0 aromatic rings. The molecule has 0 unspecified atom stereocenters. The Morgan fingerprint density at radius 2 is 1.64 bits per heavy atom. The molecule has 0 N–H and O–H groups in total. The van der Waals surface area contributed by atoms with Crippen LogP contribution < -0.4 is 29.6 Å². The monoisotopic (exact) mass is 266 g/mol. The third kappa shape index (κ3) is 37.2. The average molecular weight is 266 g/mol. The molecule has 0 saturated carbocycles. The van der Waals surface area contributed by atoms with Gasteiger partial charge in [-0.2, -0.15) is 17.5 Å². The van der Waals surface area contributed by atoms with Crippen LogP contribution in [0.5, 0.6) is 0 Å². The average Bonchev–Trinajstić information content (AvgIpc) is 2.03. The molecule has 0 aliphatic heterocycles. The van der Waals surface area contributed by atoms with E-state index in [1.54, 1.807) is 0 Å². The van der Waals surface area contributed by atoms with E-state index in [0.717, 1.165) is 5.75 Å². The largest absolute Gasteiger partial charge is 1.00 e. The Morgan fingerprint density at radius 1 is 1.21 bits per heavy atom. The molecule has 0 aromatic carbocycles. The molecule has 0 amide bonds. The molecule has 0 fully saturated rings. The number of thioether (sulfide) groups is 1. The normalized spacial score (nSPS) is 8.93. The number of hydrogen-bond donors (Lipinski definition) is 0. The summed E-state index contributed by atoms with van der Waals surface area (Å²) >= 11 is 3.65. The molecule has 0 aliphatic rings. The van der Waals surface area contributed by atoms with Crippen molar-refractivity contribution < 1.29 is 42.9 Å². The van der Waals surface area contributed by atoms with Gasteiger partial charge in [-0.3, -0.25) is 4.21 Å². The fourth-order valence-electron chi connectivity index (χ4n) is 0.702. The Hall–Kier alpha value is 1.77. The predicted octanol–water partition coefficient (Wildman–Crippen LogP) is -1.54. The van der Waals surface area contributed by atoms with E-state index in [9.17, 15) is 0 Å². The van der Waals surface area contributed by atoms with E-state index in [4.69, 9.17) is 25.9 Å². The van der Waals surface area contributed by atoms with Crippen molar-refractivity contribution in [3.8, 4) is 0 Å². The second kappa shape index (κ2) is 20.2. The van der Waals surface area contributed by atoms with Crippen LogP contribution in [0.1, 0.15) is 25.7 Å². The molecule has 0 aromatic heterocycles. The zero-order chi connectivity index (χ0) is 10.5. The van der Waals surface area contributed by atoms with E-state index in [2.05, 4.69) is 6.26 Å². The van der Waals surface area contributed by atoms with Gasteiger partial charge in [0.2, 0.25) is 0 Å². The third-order valence-corrected chi connectivity index (χ3v) is 2.23. The molecular formula is C7H15NaO3S3-2. The summed E-state index contributed by atoms with van der Waals surface area (Å²) in [5, 5.41) is 0. The van der Waals surface area contributed by atoms with Crippen molar-refractivity contribution in [1.82, 2.24) is 0 Å². The van der Waals surface area contributed by atoms with Gasteiger partial charge in [0.15, 0.2) is 0 Å². The van der Waals surface area contributed by atoms with Crippen molar-refractivity contribution in [2.75, 3.05) is 17.8 Å². The van der Waals surface area contributed by atoms with Crippen LogP contribution in [0, 0.1) is 0 Å². The molecule has 3 nitrogen and oxygen atoms in total. The summed E-state index contributed by atoms with van der Waals surface area (Å²) in [7, 11) is 0. The summed E-state index contributed by atoms with van der Waals surface area (Å²) in [6.45, 7) is 0. The van der Waals surface area contributed by atoms with E-state index in [1.807, 2.05) is 11.8 Å². The van der Waals surface area contributed by atoms with Gasteiger partial charge < -0.3 is 21.7 Å². The Bertz CT molecular complexity index is 106. The van der Waals surface area contributed by atoms with Gasteiger partial charge in [-0.1, -0.05) is 19.3 Å². The Morgan fingerprint density at radius 3 is 2.00 bits per heavy atom. The predicted molar refractivity (Wildman–Crippen MR) is 58.8 cm³/mol. The summed E-state index contributed by atoms with van der Waals surface area (Å²) in [5.41, 5.74) is 0. The van der Waals surface area contributed by atoms with Crippen molar-refractivity contribution in [2.24, 2.45) is 0 Å². The van der Waals surface area contributed by atoms with Crippen LogP contribution in [0.15, 0.2) is 0 Å². The minimum Gasteiger partial charge on any atom is -0.793 e. The fraction of sp³-hybridized carbons (Fsp3) is 1.00. The van der Waals surface area contributed by atoms with Crippen molar-refractivity contribution in [3.63, 3.8) is 0 Å². The molecule has 0 aliphatic carbocycles. The molecule has 0 radical (unpaired) electrons. The first-order valence-electron chi connectivity index (χ1n) is 3.99. The molecule has 0 atom stereocenters. The standard InChI is InChI=1S/C7H16S2.Na.H2O3S/c1-9-7-5-3-2-4-6-8;;1-4(2)3/h8H,2-7H2,1H3;;(H2,1,2,3)/q;+1;/p-3. The van der Waals surface area contributed by atoms with Crippen molar-refractivity contribution in [3.05, 3.63) is 0 Å². The molecule has 7 heteroatoms. The zero-order valence-electron chi connectivity index (χ0n) is 8.69. The molecular weight excluding hydrogens is 251 g/mol. The molecule has 0 rings (SSSR count). The van der Waals surface area contributed by atoms with E-state index in [1.165, 1.54) is 31.4 Å². The van der Waals surface area contributed by atoms with Gasteiger partial charge in [-0.25, -0.2) is 0 Å². The SMILES string of the molecule is CSCCCCCC[S-].O=S([O-])[O-].[Na+]. The minimum absolute atomic E-state index is 0. The second-order valence-electron chi connectivity index (χ2n) is 2.32. The van der Waals surface area contributed by atoms with Crippen molar-refractivity contribution >= 4 is 35.8 Å². The Labute approximate surface area is 121 Å². The number of hydrogen-bond acceptors (Lipinski definition) is 5. The number of rotatable bonds is 6. The van der Waals surface area contributed by atoms with Gasteiger partial charge in [-0.15, -0.1) is 11.4 Å². The fourth-order valence-corrected chi connectivity index (χ4v) is 1.40. The first kappa shape index (κ1) is 21.1. The van der Waals surface area contributed by atoms with Gasteiger partial charge in [0.1, 0.15) is 0 Å². The van der Waals surface area contributed by atoms with E-state index < -0.39 is 11.4 Å². The zero-order valence-corrected chi connectivity index (χ0v) is 13.1. The van der Waals surface area contributed by atoms with E-state index in [0.29, 0.717) is 0 Å². The maximum Gasteiger partial charge on any atom is 1.00 e. The second-order valence-corrected chi connectivity index (χ2v) is 4.12. The van der Waals surface area contributed by atoms with Crippen LogP contribution >= 0.6 is 11.8 Å². The molecule has 0 bridgehead atoms. The van der Waals surface area contributed by atoms with Crippen LogP contribution in [-0.2, 0) is 24.0 Å². The smallest absolute Gasteiger partial charge is 0.793 e. The summed E-state index contributed by atoms with van der Waals surface area (Å²) < 4.78 is 25.3. The Kier molecular flexibility index (Phi) is 30.5. The van der Waals surface area contributed by atoms with Crippen molar-refractivity contribution in [2.45, 2.75) is 25.7 Å². The topological polar surface area (TPSA) is 63.2 Å². The van der Waals surface area contributed by atoms with E-state index in [-0.39, 0.29) is 29.6 Å². The molecule has 0 saturated heterocycles. The first-order valence-corrected chi connectivity index (χ1v) is 6.96. The number of unbranched alkanes of at least 4 members (excludes halogenated alkanes) is 3. The summed E-state index contributed by atoms with van der Waals surface area (Å²) in [5.74, 6) is 2.26. The first-order chi connectivity index (χ1) is 6.15. The van der Waals surface area contributed by atoms with Gasteiger partial charge in [0, 0.05) is 0 Å². The summed E-state index contributed by atoms with van der Waals surface area (Å²) in [4.78, 5) is 0. The molecule has 14 heavy (non-hydrogen) atoms. The van der Waals surface area contributed by atoms with Crippen LogP contribution in [0.2, 0.25) is 0 Å². The van der Waals surface area contributed by atoms with Gasteiger partial charge in [0.25, 0.3) is 0 Å². The maximum absolute atomic E-state index is 8.44. The minimum atomic E-state index is -3.11. The van der Waals surface area contributed by atoms with Crippen LogP contribution in [-0.4, -0.2) is 31.1 Å². The van der Waals surface area contributed by atoms with Crippen molar-refractivity contribution in [1.29, 1.82) is 0 Å². The van der Waals surface area contributed by atoms with Gasteiger partial charge in [0.05, 0.1) is 0 Å². The quantitative estimate of drug-likeness (QED) is 0.252. The maximum atomic E-state index is 8.44. The van der Waals surface area contributed by atoms with Gasteiger partial charge in [-0.05, 0) is 18.4 Å². The Balaban J connectivity index is -0.000000209. The van der Waals surface area contributed by atoms with Crippen LogP contribution in [0.25, 0.3) is 0 Å². The van der Waals surface area contributed by atoms with Crippen LogP contribution in [0.3, 0.4) is 0 Å². The van der Waals surface area contributed by atoms with Gasteiger partial charge >= 0.3 is 29.6 Å².